The van der Waals surface area contributed by atoms with Crippen LogP contribution in [0.5, 0.6) is 46.0 Å². The first-order chi connectivity index (χ1) is 65.6. The summed E-state index contributed by atoms with van der Waals surface area (Å²) in [6.07, 6.45) is 0. The molecular weight excluding hydrogens is 1600 g/mol. The van der Waals surface area contributed by atoms with Crippen molar-refractivity contribution in [2.45, 2.75) is 0 Å². The third-order valence-electron chi connectivity index (χ3n) is 24.7. The maximum absolute atomic E-state index is 6.49. The molecule has 4 aliphatic heterocycles. The van der Waals surface area contributed by atoms with Crippen molar-refractivity contribution in [3.05, 3.63) is 534 Å². The molecule has 4 heterocycles. The van der Waals surface area contributed by atoms with E-state index in [4.69, 9.17) is 18.9 Å². The fourth-order valence-corrected chi connectivity index (χ4v) is 19.0. The van der Waals surface area contributed by atoms with E-state index in [-0.39, 0.29) is 27.4 Å². The van der Waals surface area contributed by atoms with E-state index < -0.39 is 0 Å². The summed E-state index contributed by atoms with van der Waals surface area (Å²) in [6, 6.07) is 186. The predicted molar refractivity (Wildman–Crippen MR) is 554 cm³/mol. The largest absolute Gasteiger partial charge is 0.457 e. The summed E-state index contributed by atoms with van der Waals surface area (Å²) in [5, 5.41) is 0. The van der Waals surface area contributed by atoms with Gasteiger partial charge in [0.05, 0.1) is 11.4 Å². The first kappa shape index (κ1) is 82.1. The monoisotopic (exact) mass is 1690 g/mol. The first-order valence-electron chi connectivity index (χ1n) is 45.0. The van der Waals surface area contributed by atoms with E-state index in [0.29, 0.717) is 0 Å². The molecule has 0 aliphatic carbocycles. The summed E-state index contributed by atoms with van der Waals surface area (Å²) < 4.78 is 25.1. The zero-order chi connectivity index (χ0) is 88.1. The van der Waals surface area contributed by atoms with Gasteiger partial charge in [0.2, 0.25) is 0 Å². The Morgan fingerprint density at radius 2 is 0.394 bits per heavy atom. The van der Waals surface area contributed by atoms with Crippen molar-refractivity contribution in [2.24, 2.45) is 0 Å². The summed E-state index contributed by atoms with van der Waals surface area (Å²) in [7, 11) is 0. The number of rotatable bonds is 16. The highest BCUT2D eigenvalue weighted by molar-refractivity contribution is 6.93. The third kappa shape index (κ3) is 17.0. The van der Waals surface area contributed by atoms with Crippen LogP contribution in [0.1, 0.15) is 0 Å². The molecule has 4 aliphatic rings. The lowest BCUT2D eigenvalue weighted by Crippen LogP contribution is -2.57. The average molecular weight is 1690 g/mol. The Kier molecular flexibility index (Phi) is 23.8. The second kappa shape index (κ2) is 38.3. The number of anilines is 8. The van der Waals surface area contributed by atoms with Gasteiger partial charge in [0.25, 0.3) is 0 Å². The molecule has 20 aromatic carbocycles. The van der Waals surface area contributed by atoms with Crippen molar-refractivity contribution in [2.75, 3.05) is 19.2 Å². The number of benzene rings is 20. The minimum atomic E-state index is 0.0258. The van der Waals surface area contributed by atoms with E-state index in [9.17, 15) is 0 Å². The molecule has 12 heteroatoms. The molecule has 20 aromatic rings. The average Bonchev–Trinajstić information content (AvgIpc) is 0.759. The Labute approximate surface area is 773 Å². The van der Waals surface area contributed by atoms with Gasteiger partial charge < -0.3 is 38.2 Å². The summed E-state index contributed by atoms with van der Waals surface area (Å²) in [5.41, 5.74) is 29.3. The van der Waals surface area contributed by atoms with Crippen LogP contribution in [0.4, 0.5) is 45.5 Å². The smallest absolute Gasteiger partial charge is 0.328 e. The quantitative estimate of drug-likeness (QED) is 0.0887. The Morgan fingerprint density at radius 1 is 0.144 bits per heavy atom. The topological polar surface area (TPSA) is 49.9 Å². The molecule has 0 spiro atoms. The Balaban J connectivity index is 0.000000106. The predicted octanol–water partition coefficient (Wildman–Crippen LogP) is 25.6. The highest BCUT2D eigenvalue weighted by atomic mass is 16.5. The fraction of sp³-hybridized carbons (Fsp3) is 0. The van der Waals surface area contributed by atoms with Crippen molar-refractivity contribution < 1.29 is 18.9 Å². The summed E-state index contributed by atoms with van der Waals surface area (Å²) in [6.45, 7) is 0.193. The molecule has 0 saturated heterocycles. The van der Waals surface area contributed by atoms with Crippen molar-refractivity contribution in [3.63, 3.8) is 0 Å². The van der Waals surface area contributed by atoms with E-state index in [2.05, 4.69) is 401 Å². The van der Waals surface area contributed by atoms with Crippen LogP contribution in [-0.4, -0.2) is 27.4 Å². The minimum absolute atomic E-state index is 0.0258. The maximum Gasteiger partial charge on any atom is 0.328 e. The van der Waals surface area contributed by atoms with Gasteiger partial charge in [-0.2, -0.15) is 0 Å². The van der Waals surface area contributed by atoms with Gasteiger partial charge in [-0.05, 0) is 178 Å². The second-order valence-electron chi connectivity index (χ2n) is 32.7. The Bertz CT molecular complexity index is 7290. The molecule has 8 nitrogen and oxygen atoms in total. The molecule has 132 heavy (non-hydrogen) atoms. The molecule has 0 N–H and O–H groups in total. The molecule has 0 atom stereocenters. The minimum Gasteiger partial charge on any atom is -0.457 e. The molecule has 0 amide bonds. The van der Waals surface area contributed by atoms with Crippen LogP contribution in [0.25, 0.3) is 44.5 Å². The van der Waals surface area contributed by atoms with Crippen LogP contribution < -0.4 is 81.9 Å². The van der Waals surface area contributed by atoms with Gasteiger partial charge in [-0.15, -0.1) is 0 Å². The molecule has 0 fully saturated rings. The Morgan fingerprint density at radius 3 is 0.818 bits per heavy atom. The van der Waals surface area contributed by atoms with Crippen LogP contribution in [0.3, 0.4) is 0 Å². The van der Waals surface area contributed by atoms with E-state index in [1.165, 1.54) is 105 Å². The second-order valence-corrected chi connectivity index (χ2v) is 32.7. The highest BCUT2D eigenvalue weighted by Crippen LogP contribution is 2.49. The van der Waals surface area contributed by atoms with Gasteiger partial charge in [0.15, 0.2) is 5.75 Å². The van der Waals surface area contributed by atoms with Crippen LogP contribution >= 0.6 is 0 Å². The summed E-state index contributed by atoms with van der Waals surface area (Å²) >= 11 is 0. The number of ether oxygens (including phenoxy) is 4. The Hall–Kier alpha value is -16.9. The number of para-hydroxylation sites is 11. The summed E-state index contributed by atoms with van der Waals surface area (Å²) in [5.74, 6) is 6.65. The number of hydrogen-bond donors (Lipinski definition) is 0. The maximum atomic E-state index is 6.49. The van der Waals surface area contributed by atoms with Crippen LogP contribution in [-0.2, 0) is 0 Å². The van der Waals surface area contributed by atoms with Crippen LogP contribution in [0.15, 0.2) is 534 Å². The number of nitrogens with zero attached hydrogens (tertiary/aromatic N) is 4. The van der Waals surface area contributed by atoms with E-state index in [0.717, 1.165) is 74.4 Å². The lowest BCUT2D eigenvalue weighted by molar-refractivity contribution is 0.482. The molecule has 0 aromatic heterocycles. The lowest BCUT2D eigenvalue weighted by Gasteiger charge is -2.39. The lowest BCUT2D eigenvalue weighted by atomic mass is 9.45. The van der Waals surface area contributed by atoms with Gasteiger partial charge in [-0.3, -0.25) is 0 Å². The molecule has 0 radical (unpaired) electrons. The van der Waals surface area contributed by atoms with Crippen LogP contribution in [0.2, 0.25) is 0 Å². The van der Waals surface area contributed by atoms with E-state index in [1.807, 2.05) is 152 Å². The van der Waals surface area contributed by atoms with Gasteiger partial charge in [0, 0.05) is 62.4 Å². The van der Waals surface area contributed by atoms with Gasteiger partial charge in [-0.1, -0.05) is 416 Å². The van der Waals surface area contributed by atoms with E-state index in [1.54, 1.807) is 0 Å². The molecule has 0 saturated carbocycles. The van der Waals surface area contributed by atoms with Crippen molar-refractivity contribution in [1.82, 2.24) is 0 Å². The van der Waals surface area contributed by atoms with E-state index >= 15 is 0 Å². The summed E-state index contributed by atoms with van der Waals surface area (Å²) in [4.78, 5) is 9.72. The SMILES string of the molecule is c1ccc(Oc2ccc(N3B(c4ccccc4)c4ccccc4-c4ccccc43)cc2)cc1.c1ccc(Oc2cccc(N3B(c4ccccc4)c4ccccc4-c4ccccc43)c2)cc1.c1ccc(Oc2cccc3c2N(c2ccccc2)B(c2ccccc2)c2ccccc2-3)cc1.c1ccc(Oc2ccccc2N2B(c3ccccc3)c3ccccc3-c3ccccc32)cc1. The number of hydrogen-bond acceptors (Lipinski definition) is 8. The molecule has 24 rings (SSSR count). The standard InChI is InChI=1S/4C30H22BNO/c1-4-13-23(14-5-1)31-28-21-11-10-19-26(28)27-20-12-22-29(33-25-17-8-3-9-18-25)30(27)32(31)24-15-6-2-7-16-24;1-3-13-23(14-4-1)31-27-19-9-7-17-25(27)26-18-8-10-20-28(26)32(31)29-21-11-12-22-30(29)33-24-15-5-2-6-16-24;1-3-12-23(13-4-1)31-29-20-9-7-18-27(29)28-19-8-10-21-30(28)32(31)24-14-11-17-26(22-24)33-25-15-5-2-6-16-25;1-3-11-23(12-4-1)31-29-17-9-7-15-27(29)28-16-8-10-18-30(28)32(31)24-19-21-26(22-20-24)33-25-13-5-2-6-14-25/h4*1-22H. The molecule has 0 bridgehead atoms. The normalized spacial score (nSPS) is 12.1. The number of fused-ring (bicyclic) bond motifs is 12. The molecular formula is C120H88B4N4O4. The van der Waals surface area contributed by atoms with Gasteiger partial charge in [-0.25, -0.2) is 0 Å². The van der Waals surface area contributed by atoms with Crippen LogP contribution in [0, 0.1) is 0 Å². The fourth-order valence-electron chi connectivity index (χ4n) is 19.0. The van der Waals surface area contributed by atoms with Crippen molar-refractivity contribution in [1.29, 1.82) is 0 Å². The van der Waals surface area contributed by atoms with Gasteiger partial charge >= 0.3 is 27.4 Å². The zero-order valence-corrected chi connectivity index (χ0v) is 72.5. The highest BCUT2D eigenvalue weighted by Gasteiger charge is 2.43. The third-order valence-corrected chi connectivity index (χ3v) is 24.7. The molecule has 624 valence electrons. The first-order valence-corrected chi connectivity index (χ1v) is 45.0. The zero-order valence-electron chi connectivity index (χ0n) is 72.5. The van der Waals surface area contributed by atoms with Crippen molar-refractivity contribution in [3.8, 4) is 90.5 Å². The molecule has 0 unspecified atom stereocenters. The van der Waals surface area contributed by atoms with Crippen molar-refractivity contribution >= 4 is 117 Å². The van der Waals surface area contributed by atoms with Gasteiger partial charge in [0.1, 0.15) is 40.2 Å².